The maximum absolute atomic E-state index is 11.4. The molecule has 0 spiro atoms. The van der Waals surface area contributed by atoms with Gasteiger partial charge in [0.05, 0.1) is 5.92 Å². The molecule has 3 heteroatoms. The van der Waals surface area contributed by atoms with Crippen LogP contribution < -0.4 is 5.32 Å². The molecule has 1 N–H and O–H groups in total. The highest BCUT2D eigenvalue weighted by Gasteiger charge is 2.39. The Morgan fingerprint density at radius 2 is 1.70 bits per heavy atom. The third-order valence-electron chi connectivity index (χ3n) is 4.96. The Morgan fingerprint density at radius 3 is 2.10 bits per heavy atom. The van der Waals surface area contributed by atoms with E-state index in [1.807, 2.05) is 0 Å². The zero-order valence-corrected chi connectivity index (χ0v) is 13.0. The number of carbonyl (C=O) groups is 2. The highest BCUT2D eigenvalue weighted by molar-refractivity contribution is 6.04. The minimum absolute atomic E-state index is 0.0538. The minimum Gasteiger partial charge on any atom is -0.355 e. The number of nitrogens with one attached hydrogen (secondary N) is 1. The summed E-state index contributed by atoms with van der Waals surface area (Å²) in [7, 11) is 0. The number of rotatable bonds is 3. The van der Waals surface area contributed by atoms with E-state index in [0.717, 1.165) is 24.7 Å². The van der Waals surface area contributed by atoms with E-state index in [1.165, 1.54) is 32.1 Å². The number of amides is 1. The standard InChI is InChI=1S/C9H18.C8H11NO2/c1-8(2)9-6-4-3-5-7-9;10-7(5-1-2-5)6-3-4-9-8(6)11/h8-9H,3-7H2,1-2H3;5-6H,1-4H2,(H,9,11). The summed E-state index contributed by atoms with van der Waals surface area (Å²) in [6.07, 6.45) is 10.2. The van der Waals surface area contributed by atoms with Crippen molar-refractivity contribution in [1.29, 1.82) is 0 Å². The van der Waals surface area contributed by atoms with Gasteiger partial charge in [0.25, 0.3) is 0 Å². The average molecular weight is 279 g/mol. The van der Waals surface area contributed by atoms with Crippen molar-refractivity contribution < 1.29 is 9.59 Å². The van der Waals surface area contributed by atoms with E-state index in [-0.39, 0.29) is 23.5 Å². The largest absolute Gasteiger partial charge is 0.355 e. The fourth-order valence-electron chi connectivity index (χ4n) is 3.32. The van der Waals surface area contributed by atoms with E-state index in [0.29, 0.717) is 13.0 Å². The van der Waals surface area contributed by atoms with Crippen molar-refractivity contribution in [1.82, 2.24) is 5.32 Å². The monoisotopic (exact) mass is 279 g/mol. The molecule has 3 fully saturated rings. The Bertz CT molecular complexity index is 341. The van der Waals surface area contributed by atoms with Crippen molar-refractivity contribution in [2.24, 2.45) is 23.7 Å². The number of carbonyl (C=O) groups excluding carboxylic acids is 2. The van der Waals surface area contributed by atoms with E-state index >= 15 is 0 Å². The third kappa shape index (κ3) is 4.32. The molecule has 1 heterocycles. The van der Waals surface area contributed by atoms with Gasteiger partial charge in [-0.3, -0.25) is 9.59 Å². The van der Waals surface area contributed by atoms with Gasteiger partial charge in [0, 0.05) is 12.5 Å². The first-order chi connectivity index (χ1) is 9.59. The zero-order chi connectivity index (χ0) is 14.5. The van der Waals surface area contributed by atoms with Gasteiger partial charge in [0.2, 0.25) is 5.91 Å². The molecule has 3 aliphatic rings. The molecule has 1 aliphatic heterocycles. The highest BCUT2D eigenvalue weighted by atomic mass is 16.2. The molecule has 1 saturated heterocycles. The summed E-state index contributed by atoms with van der Waals surface area (Å²) in [5.41, 5.74) is 0. The van der Waals surface area contributed by atoms with Gasteiger partial charge in [-0.2, -0.15) is 0 Å². The molecule has 1 unspecified atom stereocenters. The fourth-order valence-corrected chi connectivity index (χ4v) is 3.32. The Hall–Kier alpha value is -0.860. The molecule has 3 nitrogen and oxygen atoms in total. The van der Waals surface area contributed by atoms with E-state index in [9.17, 15) is 9.59 Å². The molecule has 1 atom stereocenters. The maximum Gasteiger partial charge on any atom is 0.230 e. The molecule has 0 aromatic rings. The molecular weight excluding hydrogens is 250 g/mol. The van der Waals surface area contributed by atoms with Gasteiger partial charge in [-0.05, 0) is 31.1 Å². The van der Waals surface area contributed by atoms with Crippen LogP contribution in [-0.2, 0) is 9.59 Å². The first kappa shape index (κ1) is 15.5. The van der Waals surface area contributed by atoms with Gasteiger partial charge < -0.3 is 5.32 Å². The number of ketones is 1. The van der Waals surface area contributed by atoms with Gasteiger partial charge in [0.1, 0.15) is 5.78 Å². The fraction of sp³-hybridized carbons (Fsp3) is 0.882. The second-order valence-corrected chi connectivity index (χ2v) is 6.95. The molecule has 0 radical (unpaired) electrons. The van der Waals surface area contributed by atoms with Crippen LogP contribution in [0.2, 0.25) is 0 Å². The summed E-state index contributed by atoms with van der Waals surface area (Å²) < 4.78 is 0. The van der Waals surface area contributed by atoms with Crippen LogP contribution >= 0.6 is 0 Å². The quantitative estimate of drug-likeness (QED) is 0.806. The smallest absolute Gasteiger partial charge is 0.230 e. The van der Waals surface area contributed by atoms with Crippen LogP contribution in [0.4, 0.5) is 0 Å². The summed E-state index contributed by atoms with van der Waals surface area (Å²) in [6.45, 7) is 5.40. The van der Waals surface area contributed by atoms with Crippen LogP contribution in [0.25, 0.3) is 0 Å². The Morgan fingerprint density at radius 1 is 1.05 bits per heavy atom. The first-order valence-electron chi connectivity index (χ1n) is 8.41. The Balaban J connectivity index is 0.000000151. The van der Waals surface area contributed by atoms with Gasteiger partial charge in [-0.15, -0.1) is 0 Å². The maximum atomic E-state index is 11.4. The number of hydrogen-bond donors (Lipinski definition) is 1. The van der Waals surface area contributed by atoms with Crippen molar-refractivity contribution in [2.45, 2.75) is 65.2 Å². The summed E-state index contributed by atoms with van der Waals surface area (Å²) >= 11 is 0. The van der Waals surface area contributed by atoms with Crippen molar-refractivity contribution >= 4 is 11.7 Å². The molecule has 3 rings (SSSR count). The lowest BCUT2D eigenvalue weighted by Gasteiger charge is -2.24. The van der Waals surface area contributed by atoms with E-state index in [1.54, 1.807) is 0 Å². The van der Waals surface area contributed by atoms with Crippen LogP contribution in [0.3, 0.4) is 0 Å². The van der Waals surface area contributed by atoms with Crippen LogP contribution in [-0.4, -0.2) is 18.2 Å². The van der Waals surface area contributed by atoms with Crippen molar-refractivity contribution in [3.05, 3.63) is 0 Å². The van der Waals surface area contributed by atoms with Crippen molar-refractivity contribution in [3.63, 3.8) is 0 Å². The topological polar surface area (TPSA) is 46.2 Å². The lowest BCUT2D eigenvalue weighted by molar-refractivity contribution is -0.132. The summed E-state index contributed by atoms with van der Waals surface area (Å²) in [5, 5.41) is 2.67. The molecule has 2 saturated carbocycles. The van der Waals surface area contributed by atoms with Crippen molar-refractivity contribution in [3.8, 4) is 0 Å². The van der Waals surface area contributed by atoms with Gasteiger partial charge in [-0.25, -0.2) is 0 Å². The molecular formula is C17H29NO2. The summed E-state index contributed by atoms with van der Waals surface area (Å²) in [4.78, 5) is 22.4. The van der Waals surface area contributed by atoms with E-state index in [4.69, 9.17) is 0 Å². The van der Waals surface area contributed by atoms with E-state index in [2.05, 4.69) is 19.2 Å². The Kier molecular flexibility index (Phi) is 5.62. The predicted molar refractivity (Wildman–Crippen MR) is 80.3 cm³/mol. The average Bonchev–Trinajstić information content (AvgIpc) is 3.22. The SMILES string of the molecule is CC(C)C1CCCCC1.O=C1NCCC1C(=O)C1CC1. The molecule has 1 amide bonds. The second-order valence-electron chi connectivity index (χ2n) is 6.95. The molecule has 0 bridgehead atoms. The Labute approximate surface area is 122 Å². The molecule has 2 aliphatic carbocycles. The van der Waals surface area contributed by atoms with Crippen LogP contribution in [0.1, 0.15) is 65.2 Å². The molecule has 0 aromatic heterocycles. The molecule has 114 valence electrons. The van der Waals surface area contributed by atoms with E-state index < -0.39 is 0 Å². The highest BCUT2D eigenvalue weighted by Crippen LogP contribution is 2.34. The lowest BCUT2D eigenvalue weighted by Crippen LogP contribution is -2.26. The lowest BCUT2D eigenvalue weighted by atomic mass is 9.82. The van der Waals surface area contributed by atoms with Gasteiger partial charge in [-0.1, -0.05) is 46.0 Å². The first-order valence-corrected chi connectivity index (χ1v) is 8.41. The van der Waals surface area contributed by atoms with Crippen LogP contribution in [0, 0.1) is 23.7 Å². The zero-order valence-electron chi connectivity index (χ0n) is 13.0. The normalized spacial score (nSPS) is 26.9. The molecule has 20 heavy (non-hydrogen) atoms. The number of Topliss-reactive ketones (excluding diaryl/α,β-unsaturated/α-hetero) is 1. The van der Waals surface area contributed by atoms with Crippen molar-refractivity contribution in [2.75, 3.05) is 6.54 Å². The summed E-state index contributed by atoms with van der Waals surface area (Å²) in [5.74, 6) is 2.04. The minimum atomic E-state index is -0.303. The van der Waals surface area contributed by atoms with Crippen LogP contribution in [0.5, 0.6) is 0 Å². The number of hydrogen-bond acceptors (Lipinski definition) is 2. The molecule has 0 aromatic carbocycles. The van der Waals surface area contributed by atoms with Crippen LogP contribution in [0.15, 0.2) is 0 Å². The summed E-state index contributed by atoms with van der Waals surface area (Å²) in [6, 6.07) is 0. The third-order valence-corrected chi connectivity index (χ3v) is 4.96. The predicted octanol–water partition coefficient (Wildman–Crippen LogP) is 3.32. The second kappa shape index (κ2) is 7.24. The van der Waals surface area contributed by atoms with Gasteiger partial charge >= 0.3 is 0 Å². The van der Waals surface area contributed by atoms with Gasteiger partial charge in [0.15, 0.2) is 0 Å².